The fourth-order valence-corrected chi connectivity index (χ4v) is 8.98. The Morgan fingerprint density at radius 1 is 1.30 bits per heavy atom. The second kappa shape index (κ2) is 4.97. The van der Waals surface area contributed by atoms with Crippen molar-refractivity contribution >= 4 is 5.69 Å². The van der Waals surface area contributed by atoms with Gasteiger partial charge in [0.15, 0.2) is 6.23 Å². The van der Waals surface area contributed by atoms with Gasteiger partial charge in [0.2, 0.25) is 0 Å². The van der Waals surface area contributed by atoms with Gasteiger partial charge >= 0.3 is 0 Å². The van der Waals surface area contributed by atoms with Gasteiger partial charge in [0.1, 0.15) is 6.04 Å². The van der Waals surface area contributed by atoms with Gasteiger partial charge in [0.05, 0.1) is 30.1 Å². The van der Waals surface area contributed by atoms with Gasteiger partial charge < -0.3 is 15.1 Å². The number of rotatable bonds is 3. The summed E-state index contributed by atoms with van der Waals surface area (Å²) < 4.78 is 0.755. The summed E-state index contributed by atoms with van der Waals surface area (Å²) in [5, 5.41) is 23.5. The molecule has 27 heavy (non-hydrogen) atoms. The molecule has 4 saturated heterocycles. The van der Waals surface area contributed by atoms with Crippen molar-refractivity contribution in [2.75, 3.05) is 18.5 Å². The summed E-state index contributed by atoms with van der Waals surface area (Å²) in [5.41, 5.74) is 2.47. The van der Waals surface area contributed by atoms with Gasteiger partial charge in [-0.25, -0.2) is 0 Å². The summed E-state index contributed by atoms with van der Waals surface area (Å²) in [5.74, 6) is 1.05. The molecule has 5 aliphatic heterocycles. The number of aliphatic hydroxyl groups is 2. The fourth-order valence-electron chi connectivity index (χ4n) is 8.98. The highest BCUT2D eigenvalue weighted by Crippen LogP contribution is 2.71. The molecule has 1 saturated carbocycles. The topological polar surface area (TPSA) is 43.7 Å². The third-order valence-corrected chi connectivity index (χ3v) is 9.56. The number of para-hydroxylation sites is 1. The van der Waals surface area contributed by atoms with Gasteiger partial charge in [-0.1, -0.05) is 31.7 Å². The van der Waals surface area contributed by atoms with E-state index in [0.29, 0.717) is 29.8 Å². The second-order valence-corrected chi connectivity index (χ2v) is 9.83. The van der Waals surface area contributed by atoms with E-state index in [1.165, 1.54) is 11.3 Å². The van der Waals surface area contributed by atoms with E-state index < -0.39 is 0 Å². The summed E-state index contributed by atoms with van der Waals surface area (Å²) in [6.07, 6.45) is 4.52. The highest BCUT2D eigenvalue weighted by molar-refractivity contribution is 5.66. The lowest BCUT2D eigenvalue weighted by atomic mass is 9.60. The Kier molecular flexibility index (Phi) is 3.05. The molecule has 6 aliphatic rings. The number of quaternary nitrogens is 1. The zero-order valence-electron chi connectivity index (χ0n) is 16.3. The van der Waals surface area contributed by atoms with Gasteiger partial charge in [-0.15, -0.1) is 0 Å². The Bertz CT molecular complexity index is 826. The van der Waals surface area contributed by atoms with E-state index in [1.54, 1.807) is 0 Å². The molecule has 1 aromatic carbocycles. The number of nitrogens with zero attached hydrogens (tertiary/aromatic N) is 2. The van der Waals surface area contributed by atoms with E-state index in [9.17, 15) is 10.2 Å². The summed E-state index contributed by atoms with van der Waals surface area (Å²) in [6, 6.07) is 9.71. The molecular formula is C23H31N2O2+. The van der Waals surface area contributed by atoms with Gasteiger partial charge in [-0.2, -0.15) is 0 Å². The highest BCUT2D eigenvalue weighted by atomic mass is 16.3. The zero-order valence-corrected chi connectivity index (χ0v) is 16.3. The third-order valence-electron chi connectivity index (χ3n) is 9.56. The van der Waals surface area contributed by atoms with E-state index in [0.717, 1.165) is 30.3 Å². The van der Waals surface area contributed by atoms with Crippen LogP contribution in [0.2, 0.25) is 0 Å². The van der Waals surface area contributed by atoms with Crippen molar-refractivity contribution in [1.29, 1.82) is 0 Å². The quantitative estimate of drug-likeness (QED) is 0.636. The van der Waals surface area contributed by atoms with Crippen LogP contribution in [-0.2, 0) is 5.41 Å². The number of aliphatic hydroxyl groups excluding tert-OH is 2. The maximum absolute atomic E-state index is 11.9. The number of hydrogen-bond acceptors (Lipinski definition) is 3. The normalized spacial score (nSPS) is 53.6. The summed E-state index contributed by atoms with van der Waals surface area (Å²) in [7, 11) is 2.21. The smallest absolute Gasteiger partial charge is 0.194 e. The van der Waals surface area contributed by atoms with Crippen LogP contribution in [0.1, 0.15) is 31.7 Å². The standard InChI is InChI=1S/C23H31N2O2/c1-4-10-25-17-11-14(13(5-2)22(25)27)19-18(25)12-23(21(19)26)15-8-6-7-9-16(15)24(3)20(17)23/h4,6-9,13-14,17-22,26-27H,1,5,10-12H2,2-3H3/q+1/t13-,14-,17+,18-,19+,20+,21-,22+,23+,25?/m0/s1. The molecule has 4 nitrogen and oxygen atoms in total. The first-order valence-corrected chi connectivity index (χ1v) is 10.7. The molecule has 0 radical (unpaired) electrons. The van der Waals surface area contributed by atoms with E-state index in [4.69, 9.17) is 0 Å². The first kappa shape index (κ1) is 16.6. The number of hydrogen-bond donors (Lipinski definition) is 2. The number of benzene rings is 1. The average molecular weight is 368 g/mol. The predicted octanol–water partition coefficient (Wildman–Crippen LogP) is 2.26. The van der Waals surface area contributed by atoms with Crippen molar-refractivity contribution in [1.82, 2.24) is 0 Å². The molecule has 1 spiro atoms. The van der Waals surface area contributed by atoms with Crippen LogP contribution in [0.15, 0.2) is 36.9 Å². The average Bonchev–Trinajstić information content (AvgIpc) is 3.06. The molecule has 5 fully saturated rings. The second-order valence-electron chi connectivity index (χ2n) is 9.83. The molecular weight excluding hydrogens is 336 g/mol. The number of likely N-dealkylation sites (N-methyl/N-ethyl adjacent to an activating group) is 1. The van der Waals surface area contributed by atoms with Crippen LogP contribution in [0.3, 0.4) is 0 Å². The molecule has 0 aromatic heterocycles. The van der Waals surface area contributed by atoms with Gasteiger partial charge in [-0.3, -0.25) is 4.48 Å². The van der Waals surface area contributed by atoms with Crippen molar-refractivity contribution in [2.24, 2.45) is 17.8 Å². The minimum Gasteiger partial charge on any atom is -0.392 e. The lowest BCUT2D eigenvalue weighted by molar-refractivity contribution is -1.03. The van der Waals surface area contributed by atoms with Crippen LogP contribution in [0, 0.1) is 17.8 Å². The lowest BCUT2D eigenvalue weighted by Crippen LogP contribution is -2.82. The van der Waals surface area contributed by atoms with Gasteiger partial charge in [0.25, 0.3) is 0 Å². The van der Waals surface area contributed by atoms with Crippen LogP contribution in [0.25, 0.3) is 0 Å². The number of fused-ring (bicyclic) bond motifs is 2. The first-order valence-electron chi connectivity index (χ1n) is 10.7. The summed E-state index contributed by atoms with van der Waals surface area (Å²) in [4.78, 5) is 2.44. The van der Waals surface area contributed by atoms with Crippen molar-refractivity contribution in [2.45, 2.75) is 62.1 Å². The fraction of sp³-hybridized carbons (Fsp3) is 0.652. The number of anilines is 1. The highest BCUT2D eigenvalue weighted by Gasteiger charge is 2.82. The SMILES string of the molecule is C=CC[N+]12[C@H](O)[C@@H](CC)[C@@H]3C[C@@H]1[C@H]1N(C)c4ccccc4[C@]14C[C@H]2[C@@H]3[C@@H]4O. The minimum absolute atomic E-state index is 0.161. The molecule has 1 aromatic rings. The van der Waals surface area contributed by atoms with Gasteiger partial charge in [-0.05, 0) is 30.0 Å². The molecule has 7 rings (SSSR count). The Hall–Kier alpha value is -1.36. The molecule has 1 unspecified atom stereocenters. The van der Waals surface area contributed by atoms with Crippen molar-refractivity contribution in [3.63, 3.8) is 0 Å². The minimum atomic E-state index is -0.321. The van der Waals surface area contributed by atoms with Crippen LogP contribution in [-0.4, -0.2) is 58.7 Å². The third kappa shape index (κ3) is 1.47. The first-order chi connectivity index (χ1) is 13.0. The Labute approximate surface area is 161 Å². The van der Waals surface area contributed by atoms with Gasteiger partial charge in [0, 0.05) is 37.4 Å². The van der Waals surface area contributed by atoms with Crippen molar-refractivity contribution in [3.05, 3.63) is 42.5 Å². The largest absolute Gasteiger partial charge is 0.392 e. The van der Waals surface area contributed by atoms with Crippen molar-refractivity contribution in [3.8, 4) is 0 Å². The Morgan fingerprint density at radius 3 is 2.81 bits per heavy atom. The van der Waals surface area contributed by atoms with E-state index in [-0.39, 0.29) is 23.8 Å². The predicted molar refractivity (Wildman–Crippen MR) is 105 cm³/mol. The summed E-state index contributed by atoms with van der Waals surface area (Å²) >= 11 is 0. The molecule has 144 valence electrons. The molecule has 0 amide bonds. The van der Waals surface area contributed by atoms with Crippen LogP contribution < -0.4 is 4.90 Å². The van der Waals surface area contributed by atoms with Crippen LogP contribution in [0.5, 0.6) is 0 Å². The number of piperidine rings is 4. The van der Waals surface area contributed by atoms with Crippen LogP contribution >= 0.6 is 0 Å². The van der Waals surface area contributed by atoms with E-state index in [2.05, 4.69) is 49.7 Å². The molecule has 4 heteroatoms. The molecule has 2 N–H and O–H groups in total. The maximum atomic E-state index is 11.9. The van der Waals surface area contributed by atoms with Crippen molar-refractivity contribution < 1.29 is 14.7 Å². The van der Waals surface area contributed by atoms with E-state index >= 15 is 0 Å². The van der Waals surface area contributed by atoms with E-state index in [1.807, 2.05) is 6.08 Å². The molecule has 1 aliphatic carbocycles. The zero-order chi connectivity index (χ0) is 18.7. The Morgan fingerprint density at radius 2 is 2.07 bits per heavy atom. The molecule has 5 heterocycles. The molecule has 10 atom stereocenters. The summed E-state index contributed by atoms with van der Waals surface area (Å²) in [6.45, 7) is 7.10. The maximum Gasteiger partial charge on any atom is 0.194 e. The van der Waals surface area contributed by atoms with Crippen LogP contribution in [0.4, 0.5) is 5.69 Å². The monoisotopic (exact) mass is 367 g/mol. The molecule has 5 bridgehead atoms. The lowest BCUT2D eigenvalue weighted by Gasteiger charge is -2.67. The Balaban J connectivity index is 1.63.